The van der Waals surface area contributed by atoms with Gasteiger partial charge in [0.25, 0.3) is 11.6 Å². The van der Waals surface area contributed by atoms with E-state index in [4.69, 9.17) is 9.47 Å². The molecule has 0 unspecified atom stereocenters. The molecule has 10 heteroatoms. The number of fused-ring (bicyclic) bond motifs is 1. The Morgan fingerprint density at radius 2 is 2.04 bits per heavy atom. The summed E-state index contributed by atoms with van der Waals surface area (Å²) in [5, 5.41) is 15.5. The first kappa shape index (κ1) is 20.0. The third kappa shape index (κ3) is 4.22. The van der Waals surface area contributed by atoms with Gasteiger partial charge in [0.15, 0.2) is 11.5 Å². The van der Waals surface area contributed by atoms with Crippen LogP contribution < -0.4 is 14.9 Å². The van der Waals surface area contributed by atoms with Gasteiger partial charge in [0.05, 0.1) is 33.8 Å². The van der Waals surface area contributed by atoms with Gasteiger partial charge in [-0.1, -0.05) is 0 Å². The third-order valence-corrected chi connectivity index (χ3v) is 5.69. The summed E-state index contributed by atoms with van der Waals surface area (Å²) in [6.07, 6.45) is 1.50. The van der Waals surface area contributed by atoms with E-state index in [1.807, 2.05) is 6.07 Å². The second-order valence-corrected chi connectivity index (χ2v) is 7.77. The van der Waals surface area contributed by atoms with Crippen LogP contribution in [0, 0.1) is 13.7 Å². The van der Waals surface area contributed by atoms with Crippen molar-refractivity contribution in [2.75, 3.05) is 14.2 Å². The molecule has 0 aliphatic carbocycles. The molecule has 144 valence electrons. The zero-order chi connectivity index (χ0) is 20.3. The van der Waals surface area contributed by atoms with Crippen LogP contribution in [0.4, 0.5) is 5.69 Å². The van der Waals surface area contributed by atoms with Gasteiger partial charge in [0.2, 0.25) is 0 Å². The highest BCUT2D eigenvalue weighted by atomic mass is 127. The minimum absolute atomic E-state index is 0.0154. The average Bonchev–Trinajstić information content (AvgIpc) is 3.10. The Morgan fingerprint density at radius 1 is 1.25 bits per heavy atom. The van der Waals surface area contributed by atoms with E-state index < -0.39 is 10.8 Å². The molecule has 0 bridgehead atoms. The lowest BCUT2D eigenvalue weighted by atomic mass is 10.2. The maximum atomic E-state index is 12.3. The van der Waals surface area contributed by atoms with Crippen LogP contribution in [0.5, 0.6) is 11.5 Å². The number of ether oxygens (including phenoxy) is 2. The lowest BCUT2D eigenvalue weighted by Crippen LogP contribution is -2.16. The number of benzene rings is 2. The van der Waals surface area contributed by atoms with E-state index in [0.29, 0.717) is 21.8 Å². The van der Waals surface area contributed by atoms with Gasteiger partial charge in [-0.05, 0) is 52.4 Å². The van der Waals surface area contributed by atoms with E-state index in [2.05, 4.69) is 33.1 Å². The molecule has 3 rings (SSSR count). The van der Waals surface area contributed by atoms with Crippen LogP contribution in [0.15, 0.2) is 41.5 Å². The molecule has 3 aromatic rings. The fourth-order valence-electron chi connectivity index (χ4n) is 2.49. The number of hydrogen-bond acceptors (Lipinski definition) is 7. The number of methoxy groups -OCH3 is 2. The van der Waals surface area contributed by atoms with E-state index in [0.717, 1.165) is 13.8 Å². The van der Waals surface area contributed by atoms with Crippen LogP contribution in [0.25, 0.3) is 10.1 Å². The number of carbonyl (C=O) groups is 1. The van der Waals surface area contributed by atoms with Crippen molar-refractivity contribution in [3.8, 4) is 11.5 Å². The number of halogens is 1. The number of nitrogens with zero attached hydrogens (tertiary/aromatic N) is 2. The number of rotatable bonds is 6. The monoisotopic (exact) mass is 511 g/mol. The smallest absolute Gasteiger partial charge is 0.281 e. The molecule has 8 nitrogen and oxygen atoms in total. The van der Waals surface area contributed by atoms with Crippen LogP contribution in [0.3, 0.4) is 0 Å². The normalized spacial score (nSPS) is 11.0. The van der Waals surface area contributed by atoms with E-state index >= 15 is 0 Å². The summed E-state index contributed by atoms with van der Waals surface area (Å²) in [6.45, 7) is 0. The maximum Gasteiger partial charge on any atom is 0.281 e. The third-order valence-electron chi connectivity index (χ3n) is 3.77. The molecule has 0 aliphatic heterocycles. The lowest BCUT2D eigenvalue weighted by Gasteiger charge is -2.10. The largest absolute Gasteiger partial charge is 0.493 e. The van der Waals surface area contributed by atoms with Crippen LogP contribution in [-0.2, 0) is 0 Å². The number of non-ortho nitro benzene ring substituents is 1. The van der Waals surface area contributed by atoms with E-state index in [9.17, 15) is 14.9 Å². The number of thiophene rings is 1. The number of nitro groups is 1. The Bertz CT molecular complexity index is 1100. The summed E-state index contributed by atoms with van der Waals surface area (Å²) >= 11 is 3.36. The number of hydrazone groups is 1. The molecule has 1 heterocycles. The Hall–Kier alpha value is -2.73. The van der Waals surface area contributed by atoms with Crippen LogP contribution >= 0.6 is 33.9 Å². The predicted octanol–water partition coefficient (Wildman–Crippen LogP) is 4.20. The van der Waals surface area contributed by atoms with Crippen molar-refractivity contribution >= 4 is 61.8 Å². The van der Waals surface area contributed by atoms with Crippen molar-refractivity contribution in [3.05, 3.63) is 60.5 Å². The minimum atomic E-state index is -0.467. The molecule has 1 N–H and O–H groups in total. The second kappa shape index (κ2) is 8.52. The molecule has 1 amide bonds. The SMILES string of the molecule is COc1cc(/C=N\NC(=O)c2cc3cc([N+](=O)[O-])ccc3s2)cc(I)c1OC. The zero-order valence-corrected chi connectivity index (χ0v) is 17.7. The fraction of sp³-hybridized carbons (Fsp3) is 0.111. The van der Waals surface area contributed by atoms with Crippen molar-refractivity contribution in [1.29, 1.82) is 0 Å². The number of nitrogens with one attached hydrogen (secondary N) is 1. The summed E-state index contributed by atoms with van der Waals surface area (Å²) < 4.78 is 12.2. The quantitative estimate of drug-likeness (QED) is 0.231. The number of nitro benzene ring substituents is 1. The predicted molar refractivity (Wildman–Crippen MR) is 116 cm³/mol. The molecule has 0 atom stereocenters. The Labute approximate surface area is 177 Å². The van der Waals surface area contributed by atoms with Gasteiger partial charge in [0, 0.05) is 22.2 Å². The van der Waals surface area contributed by atoms with E-state index in [-0.39, 0.29) is 5.69 Å². The highest BCUT2D eigenvalue weighted by Crippen LogP contribution is 2.33. The van der Waals surface area contributed by atoms with Crippen LogP contribution in [0.1, 0.15) is 15.2 Å². The standard InChI is InChI=1S/C18H14IN3O5S/c1-26-14-6-10(5-13(19)17(14)27-2)9-20-21-18(23)16-8-11-7-12(22(24)25)3-4-15(11)28-16/h3-9H,1-2H3,(H,21,23)/b20-9-. The van der Waals surface area contributed by atoms with E-state index in [1.54, 1.807) is 32.4 Å². The van der Waals surface area contributed by atoms with Gasteiger partial charge in [-0.2, -0.15) is 5.10 Å². The first-order valence-electron chi connectivity index (χ1n) is 7.86. The molecule has 0 fully saturated rings. The molecular weight excluding hydrogens is 497 g/mol. The molecule has 0 spiro atoms. The Kier molecular flexibility index (Phi) is 6.09. The zero-order valence-electron chi connectivity index (χ0n) is 14.8. The summed E-state index contributed by atoms with van der Waals surface area (Å²) in [6, 6.07) is 9.68. The first-order chi connectivity index (χ1) is 13.4. The van der Waals surface area contributed by atoms with Crippen molar-refractivity contribution in [3.63, 3.8) is 0 Å². The van der Waals surface area contributed by atoms with Gasteiger partial charge in [0.1, 0.15) is 0 Å². The summed E-state index contributed by atoms with van der Waals surface area (Å²) in [5.74, 6) is 0.798. The number of amides is 1. The van der Waals surface area contributed by atoms with Crippen LogP contribution in [-0.4, -0.2) is 31.3 Å². The van der Waals surface area contributed by atoms with Gasteiger partial charge in [-0.3, -0.25) is 14.9 Å². The highest BCUT2D eigenvalue weighted by molar-refractivity contribution is 14.1. The Balaban J connectivity index is 1.76. The van der Waals surface area contributed by atoms with E-state index in [1.165, 1.54) is 29.7 Å². The molecule has 1 aromatic heterocycles. The van der Waals surface area contributed by atoms with Crippen molar-refractivity contribution < 1.29 is 19.2 Å². The van der Waals surface area contributed by atoms with Crippen molar-refractivity contribution in [1.82, 2.24) is 5.43 Å². The van der Waals surface area contributed by atoms with Crippen LogP contribution in [0.2, 0.25) is 0 Å². The topological polar surface area (TPSA) is 103 Å². The second-order valence-electron chi connectivity index (χ2n) is 5.53. The van der Waals surface area contributed by atoms with Gasteiger partial charge in [-0.15, -0.1) is 11.3 Å². The minimum Gasteiger partial charge on any atom is -0.493 e. The van der Waals surface area contributed by atoms with Crippen molar-refractivity contribution in [2.45, 2.75) is 0 Å². The van der Waals surface area contributed by atoms with Gasteiger partial charge >= 0.3 is 0 Å². The number of carbonyl (C=O) groups excluding carboxylic acids is 1. The van der Waals surface area contributed by atoms with Gasteiger partial charge < -0.3 is 9.47 Å². The summed E-state index contributed by atoms with van der Waals surface area (Å²) in [4.78, 5) is 23.1. The molecule has 28 heavy (non-hydrogen) atoms. The molecule has 2 aromatic carbocycles. The molecular formula is C18H14IN3O5S. The fourth-order valence-corrected chi connectivity index (χ4v) is 4.27. The Morgan fingerprint density at radius 3 is 2.71 bits per heavy atom. The molecule has 0 aliphatic rings. The molecule has 0 radical (unpaired) electrons. The molecule has 0 saturated heterocycles. The number of hydrogen-bond donors (Lipinski definition) is 1. The summed E-state index contributed by atoms with van der Waals surface area (Å²) in [5.41, 5.74) is 3.18. The average molecular weight is 511 g/mol. The maximum absolute atomic E-state index is 12.3. The highest BCUT2D eigenvalue weighted by Gasteiger charge is 2.13. The van der Waals surface area contributed by atoms with Crippen molar-refractivity contribution in [2.24, 2.45) is 5.10 Å². The lowest BCUT2D eigenvalue weighted by molar-refractivity contribution is -0.384. The molecule has 0 saturated carbocycles. The van der Waals surface area contributed by atoms with Gasteiger partial charge in [-0.25, -0.2) is 5.43 Å². The summed E-state index contributed by atoms with van der Waals surface area (Å²) in [7, 11) is 3.11. The first-order valence-corrected chi connectivity index (χ1v) is 9.75.